The Bertz CT molecular complexity index is 1270. The number of halogens is 1. The number of anilines is 1. The van der Waals surface area contributed by atoms with Crippen LogP contribution in [-0.4, -0.2) is 27.6 Å². The Kier molecular flexibility index (Phi) is 5.72. The second-order valence-corrected chi connectivity index (χ2v) is 8.49. The number of carbonyl (C=O) groups is 2. The van der Waals surface area contributed by atoms with Crippen LogP contribution in [0.1, 0.15) is 5.56 Å². The zero-order chi connectivity index (χ0) is 21.3. The molecular weight excluding hydrogens is 444 g/mol. The fourth-order valence-corrected chi connectivity index (χ4v) is 4.22. The molecule has 2 aromatic carbocycles. The smallest absolute Gasteiger partial charge is 0.336 e. The van der Waals surface area contributed by atoms with Crippen LogP contribution >= 0.6 is 35.6 Å². The lowest BCUT2D eigenvalue weighted by Gasteiger charge is -2.14. The summed E-state index contributed by atoms with van der Waals surface area (Å²) in [7, 11) is 0. The van der Waals surface area contributed by atoms with Crippen LogP contribution < -0.4 is 10.9 Å². The predicted octanol–water partition coefficient (Wildman–Crippen LogP) is 4.29. The summed E-state index contributed by atoms with van der Waals surface area (Å²) in [5, 5.41) is 4.01. The van der Waals surface area contributed by atoms with Crippen LogP contribution in [-0.2, 0) is 9.59 Å². The van der Waals surface area contributed by atoms with Gasteiger partial charge in [0.05, 0.1) is 4.91 Å². The molecule has 1 aromatic heterocycles. The fourth-order valence-electron chi connectivity index (χ4n) is 2.84. The van der Waals surface area contributed by atoms with Gasteiger partial charge in [0.1, 0.15) is 16.4 Å². The second-order valence-electron chi connectivity index (χ2n) is 6.37. The molecule has 3 aromatic rings. The topological polar surface area (TPSA) is 79.6 Å². The lowest BCUT2D eigenvalue weighted by Crippen LogP contribution is -2.36. The Hall–Kier alpha value is -2.94. The third kappa shape index (κ3) is 4.46. The molecule has 9 heteroatoms. The number of hydrogen-bond donors (Lipinski definition) is 1. The van der Waals surface area contributed by atoms with Gasteiger partial charge >= 0.3 is 5.63 Å². The minimum absolute atomic E-state index is 0.204. The van der Waals surface area contributed by atoms with E-state index in [1.165, 1.54) is 11.0 Å². The first-order chi connectivity index (χ1) is 14.4. The summed E-state index contributed by atoms with van der Waals surface area (Å²) in [6.45, 7) is -0.204. The zero-order valence-electron chi connectivity index (χ0n) is 15.3. The monoisotopic (exact) mass is 456 g/mol. The summed E-state index contributed by atoms with van der Waals surface area (Å²) in [5.74, 6) is -0.717. The van der Waals surface area contributed by atoms with Crippen LogP contribution in [0.25, 0.3) is 17.0 Å². The van der Waals surface area contributed by atoms with Crippen molar-refractivity contribution in [1.82, 2.24) is 4.90 Å². The largest absolute Gasteiger partial charge is 0.423 e. The maximum Gasteiger partial charge on any atom is 0.336 e. The lowest BCUT2D eigenvalue weighted by atomic mass is 10.2. The highest BCUT2D eigenvalue weighted by Crippen LogP contribution is 2.32. The maximum atomic E-state index is 12.7. The van der Waals surface area contributed by atoms with Gasteiger partial charge < -0.3 is 9.73 Å². The first-order valence-corrected chi connectivity index (χ1v) is 10.3. The molecule has 0 spiro atoms. The van der Waals surface area contributed by atoms with E-state index >= 15 is 0 Å². The molecule has 30 heavy (non-hydrogen) atoms. The van der Waals surface area contributed by atoms with Crippen molar-refractivity contribution < 1.29 is 14.0 Å². The molecule has 1 saturated heterocycles. The van der Waals surface area contributed by atoms with Crippen molar-refractivity contribution >= 4 is 74.4 Å². The lowest BCUT2D eigenvalue weighted by molar-refractivity contribution is -0.126. The number of amides is 2. The number of nitrogens with zero attached hydrogens (tertiary/aromatic N) is 1. The predicted molar refractivity (Wildman–Crippen MR) is 122 cm³/mol. The molecule has 0 unspecified atom stereocenters. The SMILES string of the molecule is O=C(CN1C(=O)/C(=C/c2ccc(Cl)cc2)SC1=S)Nc1ccc2oc(=O)ccc2c1. The molecule has 4 rings (SSSR count). The summed E-state index contributed by atoms with van der Waals surface area (Å²) in [4.78, 5) is 38.1. The minimum Gasteiger partial charge on any atom is -0.423 e. The number of thiocarbonyl (C=S) groups is 1. The molecule has 2 amide bonds. The average Bonchev–Trinajstić information content (AvgIpc) is 2.97. The van der Waals surface area contributed by atoms with Crippen molar-refractivity contribution in [2.75, 3.05) is 11.9 Å². The molecular formula is C21H13ClN2O4S2. The maximum absolute atomic E-state index is 12.7. The Morgan fingerprint density at radius 2 is 1.90 bits per heavy atom. The van der Waals surface area contributed by atoms with E-state index in [2.05, 4.69) is 5.32 Å². The Labute approximate surface area is 185 Å². The van der Waals surface area contributed by atoms with Gasteiger partial charge in [-0.3, -0.25) is 14.5 Å². The standard InChI is InChI=1S/C21H13ClN2O4S2/c22-14-4-1-12(2-5-14)9-17-20(27)24(21(29)30-17)11-18(25)23-15-6-7-16-13(10-15)3-8-19(26)28-16/h1-10H,11H2,(H,23,25)/b17-9-. The summed E-state index contributed by atoms with van der Waals surface area (Å²) >= 11 is 12.3. The van der Waals surface area contributed by atoms with Crippen LogP contribution in [0.3, 0.4) is 0 Å². The number of nitrogens with one attached hydrogen (secondary N) is 1. The van der Waals surface area contributed by atoms with E-state index in [0.717, 1.165) is 17.3 Å². The van der Waals surface area contributed by atoms with Gasteiger partial charge in [0.25, 0.3) is 5.91 Å². The van der Waals surface area contributed by atoms with Crippen molar-refractivity contribution in [1.29, 1.82) is 0 Å². The van der Waals surface area contributed by atoms with Crippen molar-refractivity contribution in [2.24, 2.45) is 0 Å². The minimum atomic E-state index is -0.444. The van der Waals surface area contributed by atoms with Crippen LogP contribution in [0.4, 0.5) is 5.69 Å². The van der Waals surface area contributed by atoms with E-state index in [0.29, 0.717) is 30.9 Å². The van der Waals surface area contributed by atoms with Crippen LogP contribution in [0, 0.1) is 0 Å². The summed E-state index contributed by atoms with van der Waals surface area (Å²) < 4.78 is 5.39. The van der Waals surface area contributed by atoms with Gasteiger partial charge in [-0.25, -0.2) is 4.79 Å². The van der Waals surface area contributed by atoms with Gasteiger partial charge in [-0.05, 0) is 48.0 Å². The highest BCUT2D eigenvalue weighted by molar-refractivity contribution is 8.26. The number of hydrogen-bond acceptors (Lipinski definition) is 6. The second kappa shape index (κ2) is 8.43. The van der Waals surface area contributed by atoms with E-state index < -0.39 is 11.5 Å². The van der Waals surface area contributed by atoms with E-state index in [1.807, 2.05) is 0 Å². The highest BCUT2D eigenvalue weighted by Gasteiger charge is 2.33. The summed E-state index contributed by atoms with van der Waals surface area (Å²) in [5.41, 5.74) is 1.31. The first-order valence-electron chi connectivity index (χ1n) is 8.74. The number of carbonyl (C=O) groups excluding carboxylic acids is 2. The van der Waals surface area contributed by atoms with Gasteiger partial charge in [-0.15, -0.1) is 0 Å². The van der Waals surface area contributed by atoms with Crippen molar-refractivity contribution in [3.8, 4) is 0 Å². The quantitative estimate of drug-likeness (QED) is 0.358. The Balaban J connectivity index is 1.45. The first kappa shape index (κ1) is 20.3. The highest BCUT2D eigenvalue weighted by atomic mass is 35.5. The normalized spacial score (nSPS) is 15.2. The summed E-state index contributed by atoms with van der Waals surface area (Å²) in [6.07, 6.45) is 1.71. The molecule has 0 bridgehead atoms. The molecule has 0 saturated carbocycles. The third-order valence-electron chi connectivity index (χ3n) is 4.25. The average molecular weight is 457 g/mol. The van der Waals surface area contributed by atoms with E-state index in [9.17, 15) is 14.4 Å². The van der Waals surface area contributed by atoms with Crippen molar-refractivity contribution in [2.45, 2.75) is 0 Å². The molecule has 6 nitrogen and oxygen atoms in total. The third-order valence-corrected chi connectivity index (χ3v) is 5.88. The van der Waals surface area contributed by atoms with Gasteiger partial charge in [0.2, 0.25) is 5.91 Å². The molecule has 1 fully saturated rings. The number of benzene rings is 2. The molecule has 1 aliphatic rings. The molecule has 1 N–H and O–H groups in total. The molecule has 150 valence electrons. The van der Waals surface area contributed by atoms with Gasteiger partial charge in [-0.2, -0.15) is 0 Å². The van der Waals surface area contributed by atoms with Crippen LogP contribution in [0.2, 0.25) is 5.02 Å². The van der Waals surface area contributed by atoms with Gasteiger partial charge in [0, 0.05) is 22.2 Å². The number of fused-ring (bicyclic) bond motifs is 1. The van der Waals surface area contributed by atoms with E-state index in [1.54, 1.807) is 54.6 Å². The zero-order valence-corrected chi connectivity index (χ0v) is 17.6. The van der Waals surface area contributed by atoms with Gasteiger partial charge in [-0.1, -0.05) is 47.7 Å². The molecule has 2 heterocycles. The molecule has 0 atom stereocenters. The Morgan fingerprint density at radius 3 is 2.67 bits per heavy atom. The Morgan fingerprint density at radius 1 is 1.13 bits per heavy atom. The molecule has 1 aliphatic heterocycles. The van der Waals surface area contributed by atoms with Crippen molar-refractivity contribution in [3.05, 3.63) is 80.5 Å². The van der Waals surface area contributed by atoms with Crippen molar-refractivity contribution in [3.63, 3.8) is 0 Å². The summed E-state index contributed by atoms with van der Waals surface area (Å²) in [6, 6.07) is 14.9. The van der Waals surface area contributed by atoms with Crippen LogP contribution in [0.15, 0.2) is 68.7 Å². The van der Waals surface area contributed by atoms with E-state index in [-0.39, 0.29) is 12.5 Å². The molecule has 0 radical (unpaired) electrons. The van der Waals surface area contributed by atoms with E-state index in [4.69, 9.17) is 28.2 Å². The molecule has 0 aliphatic carbocycles. The number of thioether (sulfide) groups is 1. The number of rotatable bonds is 4. The van der Waals surface area contributed by atoms with Gasteiger partial charge in [0.15, 0.2) is 0 Å². The van der Waals surface area contributed by atoms with Crippen LogP contribution in [0.5, 0.6) is 0 Å². The fraction of sp³-hybridized carbons (Fsp3) is 0.0476.